The van der Waals surface area contributed by atoms with E-state index in [4.69, 9.17) is 4.74 Å². The second-order valence-corrected chi connectivity index (χ2v) is 5.70. The Kier molecular flexibility index (Phi) is 10.9. The van der Waals surface area contributed by atoms with Crippen LogP contribution in [-0.2, 0) is 11.2 Å². The number of aryl methyl sites for hydroxylation is 1. The average molecular weight is 447 g/mol. The molecule has 136 valence electrons. The van der Waals surface area contributed by atoms with Crippen LogP contribution in [0.3, 0.4) is 0 Å². The summed E-state index contributed by atoms with van der Waals surface area (Å²) in [4.78, 5) is 11.4. The first-order chi connectivity index (χ1) is 11.3. The lowest BCUT2D eigenvalue weighted by molar-refractivity contribution is 0.0394. The molecule has 0 radical (unpaired) electrons. The molecule has 0 atom stereocenters. The second kappa shape index (κ2) is 12.4. The van der Waals surface area contributed by atoms with Gasteiger partial charge in [-0.1, -0.05) is 6.07 Å². The fourth-order valence-corrected chi connectivity index (χ4v) is 2.44. The highest BCUT2D eigenvalue weighted by atomic mass is 127. The minimum atomic E-state index is 0. The zero-order chi connectivity index (χ0) is 16.3. The minimum Gasteiger partial charge on any atom is -0.379 e. The molecule has 0 amide bonds. The molecule has 7 heteroatoms. The molecule has 1 aliphatic heterocycles. The molecular weight excluding hydrogens is 417 g/mol. The van der Waals surface area contributed by atoms with Gasteiger partial charge < -0.3 is 15.4 Å². The molecule has 1 aromatic rings. The number of hydrogen-bond donors (Lipinski definition) is 2. The molecule has 0 bridgehead atoms. The van der Waals surface area contributed by atoms with Gasteiger partial charge in [0.15, 0.2) is 5.96 Å². The quantitative estimate of drug-likeness (QED) is 0.377. The molecule has 1 aromatic heterocycles. The van der Waals surface area contributed by atoms with Gasteiger partial charge in [-0.15, -0.1) is 24.0 Å². The Morgan fingerprint density at radius 3 is 2.75 bits per heavy atom. The fourth-order valence-electron chi connectivity index (χ4n) is 2.44. The molecular formula is C17H30IN5O. The Balaban J connectivity index is 0.00000288. The number of rotatable bonds is 7. The fraction of sp³-hybridized carbons (Fsp3) is 0.647. The maximum atomic E-state index is 5.36. The van der Waals surface area contributed by atoms with Gasteiger partial charge in [-0.05, 0) is 31.9 Å². The largest absolute Gasteiger partial charge is 0.379 e. The van der Waals surface area contributed by atoms with E-state index in [1.54, 1.807) is 0 Å². The summed E-state index contributed by atoms with van der Waals surface area (Å²) in [5.41, 5.74) is 2.30. The van der Waals surface area contributed by atoms with Crippen LogP contribution in [-0.4, -0.2) is 68.3 Å². The third-order valence-electron chi connectivity index (χ3n) is 3.81. The van der Waals surface area contributed by atoms with E-state index in [9.17, 15) is 0 Å². The van der Waals surface area contributed by atoms with Crippen LogP contribution in [0.2, 0.25) is 0 Å². The Bertz CT molecular complexity index is 474. The van der Waals surface area contributed by atoms with Gasteiger partial charge in [-0.25, -0.2) is 0 Å². The second-order valence-electron chi connectivity index (χ2n) is 5.70. The zero-order valence-corrected chi connectivity index (χ0v) is 17.1. The molecule has 6 nitrogen and oxygen atoms in total. The van der Waals surface area contributed by atoms with Gasteiger partial charge in [0.05, 0.1) is 19.8 Å². The van der Waals surface area contributed by atoms with E-state index >= 15 is 0 Å². The predicted octanol–water partition coefficient (Wildman–Crippen LogP) is 1.44. The van der Waals surface area contributed by atoms with Crippen molar-refractivity contribution in [2.24, 2.45) is 4.99 Å². The average Bonchev–Trinajstić information content (AvgIpc) is 2.58. The Hall–Kier alpha value is -0.930. The smallest absolute Gasteiger partial charge is 0.191 e. The van der Waals surface area contributed by atoms with Crippen LogP contribution in [0.4, 0.5) is 0 Å². The topological polar surface area (TPSA) is 61.8 Å². The summed E-state index contributed by atoms with van der Waals surface area (Å²) in [7, 11) is 0. The van der Waals surface area contributed by atoms with Crippen molar-refractivity contribution in [2.75, 3.05) is 52.5 Å². The van der Waals surface area contributed by atoms with Crippen molar-refractivity contribution in [3.8, 4) is 0 Å². The number of ether oxygens (including phenoxy) is 1. The van der Waals surface area contributed by atoms with Gasteiger partial charge in [0.2, 0.25) is 0 Å². The highest BCUT2D eigenvalue weighted by Crippen LogP contribution is 1.99. The van der Waals surface area contributed by atoms with Crippen LogP contribution in [0.1, 0.15) is 18.2 Å². The molecule has 0 aliphatic carbocycles. The molecule has 2 rings (SSSR count). The van der Waals surface area contributed by atoms with Crippen LogP contribution in [0.25, 0.3) is 0 Å². The van der Waals surface area contributed by atoms with Crippen LogP contribution in [0.5, 0.6) is 0 Å². The van der Waals surface area contributed by atoms with Crippen molar-refractivity contribution in [3.63, 3.8) is 0 Å². The van der Waals surface area contributed by atoms with E-state index in [1.165, 1.54) is 5.56 Å². The van der Waals surface area contributed by atoms with Crippen molar-refractivity contribution < 1.29 is 4.74 Å². The van der Waals surface area contributed by atoms with Gasteiger partial charge in [0.25, 0.3) is 0 Å². The van der Waals surface area contributed by atoms with E-state index in [2.05, 4.69) is 44.6 Å². The van der Waals surface area contributed by atoms with Crippen LogP contribution in [0, 0.1) is 6.92 Å². The summed E-state index contributed by atoms with van der Waals surface area (Å²) in [5.74, 6) is 0.890. The van der Waals surface area contributed by atoms with Crippen molar-refractivity contribution >= 4 is 29.9 Å². The molecule has 2 heterocycles. The van der Waals surface area contributed by atoms with Gasteiger partial charge in [-0.2, -0.15) is 0 Å². The summed E-state index contributed by atoms with van der Waals surface area (Å²) in [5, 5.41) is 6.69. The molecule has 2 N–H and O–H groups in total. The van der Waals surface area contributed by atoms with Crippen molar-refractivity contribution in [2.45, 2.75) is 20.3 Å². The number of morpholine rings is 1. The number of aliphatic imine (C=N–C) groups is 1. The normalized spacial score (nSPS) is 15.7. The summed E-state index contributed by atoms with van der Waals surface area (Å²) in [6.07, 6.45) is 2.89. The molecule has 0 unspecified atom stereocenters. The third-order valence-corrected chi connectivity index (χ3v) is 3.81. The first kappa shape index (κ1) is 21.1. The lowest BCUT2D eigenvalue weighted by Gasteiger charge is -2.25. The van der Waals surface area contributed by atoms with E-state index in [0.717, 1.165) is 70.6 Å². The minimum absolute atomic E-state index is 0. The Morgan fingerprint density at radius 1 is 1.29 bits per heavy atom. The number of nitrogens with zero attached hydrogens (tertiary/aromatic N) is 3. The molecule has 0 saturated carbocycles. The zero-order valence-electron chi connectivity index (χ0n) is 14.8. The Labute approximate surface area is 162 Å². The van der Waals surface area contributed by atoms with Crippen LogP contribution < -0.4 is 10.6 Å². The van der Waals surface area contributed by atoms with E-state index in [0.29, 0.717) is 0 Å². The summed E-state index contributed by atoms with van der Waals surface area (Å²) in [6.45, 7) is 11.3. The maximum absolute atomic E-state index is 5.36. The standard InChI is InChI=1S/C17H29N5O.HI/c1-3-18-17(20-8-9-22-10-12-23-13-11-22)19-7-6-16-5-4-15(2)21-14-16;/h4-5,14H,3,6-13H2,1-2H3,(H2,18,19,20);1H. The van der Waals surface area contributed by atoms with E-state index in [1.807, 2.05) is 13.1 Å². The molecule has 1 aliphatic rings. The highest BCUT2D eigenvalue weighted by Gasteiger charge is 2.09. The maximum Gasteiger partial charge on any atom is 0.191 e. The first-order valence-electron chi connectivity index (χ1n) is 8.51. The van der Waals surface area contributed by atoms with Gasteiger partial charge in [0, 0.05) is 44.6 Å². The third kappa shape index (κ3) is 8.25. The molecule has 24 heavy (non-hydrogen) atoms. The van der Waals surface area contributed by atoms with Crippen molar-refractivity contribution in [3.05, 3.63) is 29.6 Å². The number of hydrogen-bond acceptors (Lipinski definition) is 4. The SMILES string of the molecule is CCNC(=NCCN1CCOCC1)NCCc1ccc(C)nc1.I. The van der Waals surface area contributed by atoms with Crippen molar-refractivity contribution in [1.82, 2.24) is 20.5 Å². The van der Waals surface area contributed by atoms with Crippen LogP contribution >= 0.6 is 24.0 Å². The number of halogens is 1. The lowest BCUT2D eigenvalue weighted by atomic mass is 10.2. The molecule has 0 spiro atoms. The van der Waals surface area contributed by atoms with Gasteiger partial charge in [-0.3, -0.25) is 14.9 Å². The lowest BCUT2D eigenvalue weighted by Crippen LogP contribution is -2.40. The number of nitrogens with one attached hydrogen (secondary N) is 2. The Morgan fingerprint density at radius 2 is 2.08 bits per heavy atom. The number of aromatic nitrogens is 1. The van der Waals surface area contributed by atoms with Crippen LogP contribution in [0.15, 0.2) is 23.3 Å². The molecule has 0 aromatic carbocycles. The molecule has 1 fully saturated rings. The first-order valence-corrected chi connectivity index (χ1v) is 8.51. The molecule has 1 saturated heterocycles. The number of pyridine rings is 1. The summed E-state index contributed by atoms with van der Waals surface area (Å²) >= 11 is 0. The van der Waals surface area contributed by atoms with E-state index < -0.39 is 0 Å². The predicted molar refractivity (Wildman–Crippen MR) is 109 cm³/mol. The summed E-state index contributed by atoms with van der Waals surface area (Å²) in [6, 6.07) is 4.18. The number of guanidine groups is 1. The van der Waals surface area contributed by atoms with Gasteiger partial charge >= 0.3 is 0 Å². The summed E-state index contributed by atoms with van der Waals surface area (Å²) < 4.78 is 5.36. The monoisotopic (exact) mass is 447 g/mol. The van der Waals surface area contributed by atoms with Gasteiger partial charge in [0.1, 0.15) is 0 Å². The highest BCUT2D eigenvalue weighted by molar-refractivity contribution is 14.0. The van der Waals surface area contributed by atoms with E-state index in [-0.39, 0.29) is 24.0 Å². The van der Waals surface area contributed by atoms with Crippen molar-refractivity contribution in [1.29, 1.82) is 0 Å².